The smallest absolute Gasteiger partial charge is 0.0111 e. The van der Waals surface area contributed by atoms with E-state index in [4.69, 9.17) is 5.73 Å². The highest BCUT2D eigenvalue weighted by Gasteiger charge is 2.62. The second-order valence-electron chi connectivity index (χ2n) is 6.32. The third-order valence-electron chi connectivity index (χ3n) is 5.17. The SMILES string of the molecule is CC(C)SC[C@]12CC[C@H](C[C@H]1N)C2(C)C. The Bertz CT molecular complexity index is 249. The summed E-state index contributed by atoms with van der Waals surface area (Å²) in [7, 11) is 0. The Labute approximate surface area is 98.6 Å². The Morgan fingerprint density at radius 2 is 2.07 bits per heavy atom. The van der Waals surface area contributed by atoms with Crippen molar-refractivity contribution in [3.05, 3.63) is 0 Å². The van der Waals surface area contributed by atoms with Crippen LogP contribution in [0, 0.1) is 16.7 Å². The van der Waals surface area contributed by atoms with Crippen molar-refractivity contribution in [2.45, 2.75) is 58.2 Å². The van der Waals surface area contributed by atoms with Crippen LogP contribution in [0.2, 0.25) is 0 Å². The van der Waals surface area contributed by atoms with Gasteiger partial charge in [-0.1, -0.05) is 27.7 Å². The van der Waals surface area contributed by atoms with Gasteiger partial charge in [0.15, 0.2) is 0 Å². The molecule has 2 saturated carbocycles. The highest BCUT2D eigenvalue weighted by Crippen LogP contribution is 2.66. The lowest BCUT2D eigenvalue weighted by Gasteiger charge is -2.41. The van der Waals surface area contributed by atoms with Crippen molar-refractivity contribution in [2.75, 3.05) is 5.75 Å². The number of nitrogens with two attached hydrogens (primary N) is 1. The van der Waals surface area contributed by atoms with Crippen molar-refractivity contribution in [2.24, 2.45) is 22.5 Å². The molecule has 0 amide bonds. The molecule has 2 aliphatic rings. The predicted octanol–water partition coefficient (Wildman–Crippen LogP) is 3.28. The Hall–Kier alpha value is 0.310. The summed E-state index contributed by atoms with van der Waals surface area (Å²) in [6.45, 7) is 9.50. The molecule has 2 fully saturated rings. The van der Waals surface area contributed by atoms with Crippen LogP contribution in [-0.4, -0.2) is 17.0 Å². The van der Waals surface area contributed by atoms with Gasteiger partial charge in [-0.25, -0.2) is 0 Å². The standard InChI is InChI=1S/C13H25NS/c1-9(2)15-8-13-6-5-10(7-11(13)14)12(13,3)4/h9-11H,5-8,14H2,1-4H3/t10-,11-,13-/m1/s1. The molecule has 2 heteroatoms. The van der Waals surface area contributed by atoms with Crippen molar-refractivity contribution in [3.8, 4) is 0 Å². The van der Waals surface area contributed by atoms with Crippen LogP contribution in [0.25, 0.3) is 0 Å². The topological polar surface area (TPSA) is 26.0 Å². The quantitative estimate of drug-likeness (QED) is 0.801. The lowest BCUT2D eigenvalue weighted by Crippen LogP contribution is -2.45. The van der Waals surface area contributed by atoms with E-state index in [-0.39, 0.29) is 0 Å². The van der Waals surface area contributed by atoms with Crippen molar-refractivity contribution in [1.29, 1.82) is 0 Å². The molecule has 0 radical (unpaired) electrons. The largest absolute Gasteiger partial charge is 0.327 e. The fraction of sp³-hybridized carbons (Fsp3) is 1.00. The first kappa shape index (κ1) is 11.8. The van der Waals surface area contributed by atoms with Crippen molar-refractivity contribution in [1.82, 2.24) is 0 Å². The zero-order valence-corrected chi connectivity index (χ0v) is 11.4. The Balaban J connectivity index is 2.16. The predicted molar refractivity (Wildman–Crippen MR) is 69.1 cm³/mol. The first-order valence-electron chi connectivity index (χ1n) is 6.27. The van der Waals surface area contributed by atoms with Gasteiger partial charge in [-0.3, -0.25) is 0 Å². The van der Waals surface area contributed by atoms with Gasteiger partial charge in [-0.05, 0) is 41.3 Å². The summed E-state index contributed by atoms with van der Waals surface area (Å²) >= 11 is 2.10. The third-order valence-corrected chi connectivity index (χ3v) is 6.51. The van der Waals surface area contributed by atoms with E-state index in [1.807, 2.05) is 0 Å². The molecule has 0 aliphatic heterocycles. The fourth-order valence-electron chi connectivity index (χ4n) is 3.81. The number of hydrogen-bond donors (Lipinski definition) is 1. The maximum absolute atomic E-state index is 6.40. The first-order chi connectivity index (χ1) is 6.90. The van der Waals surface area contributed by atoms with Gasteiger partial charge in [0.05, 0.1) is 0 Å². The zero-order chi connectivity index (χ0) is 11.3. The van der Waals surface area contributed by atoms with Crippen LogP contribution in [0.4, 0.5) is 0 Å². The fourth-order valence-corrected chi connectivity index (χ4v) is 5.17. The molecule has 2 bridgehead atoms. The maximum atomic E-state index is 6.40. The molecule has 0 spiro atoms. The summed E-state index contributed by atoms with van der Waals surface area (Å²) in [6.07, 6.45) is 4.05. The molecule has 2 aliphatic carbocycles. The Kier molecular flexibility index (Phi) is 2.88. The molecule has 88 valence electrons. The molecule has 2 N–H and O–H groups in total. The summed E-state index contributed by atoms with van der Waals surface area (Å²) in [6, 6.07) is 0.456. The molecule has 2 rings (SSSR count). The van der Waals surface area contributed by atoms with Crippen LogP contribution in [-0.2, 0) is 0 Å². The van der Waals surface area contributed by atoms with E-state index in [9.17, 15) is 0 Å². The van der Waals surface area contributed by atoms with E-state index >= 15 is 0 Å². The molecule has 1 nitrogen and oxygen atoms in total. The number of thioether (sulfide) groups is 1. The molecular formula is C13H25NS. The van der Waals surface area contributed by atoms with Crippen molar-refractivity contribution >= 4 is 11.8 Å². The van der Waals surface area contributed by atoms with Gasteiger partial charge in [0.2, 0.25) is 0 Å². The number of hydrogen-bond acceptors (Lipinski definition) is 2. The average Bonchev–Trinajstić information content (AvgIpc) is 2.47. The number of rotatable bonds is 3. The van der Waals surface area contributed by atoms with Gasteiger partial charge in [0.1, 0.15) is 0 Å². The normalized spacial score (nSPS) is 42.8. The van der Waals surface area contributed by atoms with Crippen LogP contribution in [0.5, 0.6) is 0 Å². The second kappa shape index (κ2) is 3.66. The van der Waals surface area contributed by atoms with Gasteiger partial charge in [-0.15, -0.1) is 0 Å². The lowest BCUT2D eigenvalue weighted by atomic mass is 9.69. The van der Waals surface area contributed by atoms with Crippen LogP contribution in [0.3, 0.4) is 0 Å². The molecular weight excluding hydrogens is 202 g/mol. The van der Waals surface area contributed by atoms with E-state index < -0.39 is 0 Å². The van der Waals surface area contributed by atoms with Gasteiger partial charge >= 0.3 is 0 Å². The molecule has 0 aromatic heterocycles. The molecule has 0 heterocycles. The molecule has 0 saturated heterocycles. The van der Waals surface area contributed by atoms with Gasteiger partial charge in [0.25, 0.3) is 0 Å². The third kappa shape index (κ3) is 1.56. The molecule has 0 aromatic carbocycles. The van der Waals surface area contributed by atoms with E-state index in [1.165, 1.54) is 25.0 Å². The van der Waals surface area contributed by atoms with Gasteiger partial charge in [-0.2, -0.15) is 11.8 Å². The number of fused-ring (bicyclic) bond motifs is 2. The van der Waals surface area contributed by atoms with Crippen LogP contribution in [0.15, 0.2) is 0 Å². The van der Waals surface area contributed by atoms with E-state index in [0.717, 1.165) is 11.2 Å². The Morgan fingerprint density at radius 1 is 1.40 bits per heavy atom. The van der Waals surface area contributed by atoms with Gasteiger partial charge < -0.3 is 5.73 Å². The minimum absolute atomic E-state index is 0.437. The second-order valence-corrected chi connectivity index (χ2v) is 7.88. The van der Waals surface area contributed by atoms with Gasteiger partial charge in [0, 0.05) is 11.8 Å². The highest BCUT2D eigenvalue weighted by molar-refractivity contribution is 7.99. The van der Waals surface area contributed by atoms with Crippen LogP contribution >= 0.6 is 11.8 Å². The molecule has 0 aromatic rings. The minimum Gasteiger partial charge on any atom is -0.327 e. The lowest BCUT2D eigenvalue weighted by molar-refractivity contribution is 0.142. The average molecular weight is 227 g/mol. The monoisotopic (exact) mass is 227 g/mol. The zero-order valence-electron chi connectivity index (χ0n) is 10.5. The summed E-state index contributed by atoms with van der Waals surface area (Å²) in [5.41, 5.74) is 7.32. The van der Waals surface area contributed by atoms with Crippen LogP contribution in [0.1, 0.15) is 47.0 Å². The molecule has 0 unspecified atom stereocenters. The van der Waals surface area contributed by atoms with E-state index in [0.29, 0.717) is 16.9 Å². The minimum atomic E-state index is 0.437. The van der Waals surface area contributed by atoms with E-state index in [1.54, 1.807) is 0 Å². The van der Waals surface area contributed by atoms with Crippen molar-refractivity contribution in [3.63, 3.8) is 0 Å². The van der Waals surface area contributed by atoms with Crippen LogP contribution < -0.4 is 5.73 Å². The summed E-state index contributed by atoms with van der Waals surface area (Å²) in [5.74, 6) is 2.16. The highest BCUT2D eigenvalue weighted by atomic mass is 32.2. The summed E-state index contributed by atoms with van der Waals surface area (Å²) < 4.78 is 0. The van der Waals surface area contributed by atoms with Crippen molar-refractivity contribution < 1.29 is 0 Å². The molecule has 15 heavy (non-hydrogen) atoms. The Morgan fingerprint density at radius 3 is 2.47 bits per heavy atom. The first-order valence-corrected chi connectivity index (χ1v) is 7.32. The summed E-state index contributed by atoms with van der Waals surface area (Å²) in [4.78, 5) is 0. The molecule has 3 atom stereocenters. The van der Waals surface area contributed by atoms with E-state index in [2.05, 4.69) is 39.5 Å². The summed E-state index contributed by atoms with van der Waals surface area (Å²) in [5, 5.41) is 0.738. The maximum Gasteiger partial charge on any atom is 0.0111 e.